The van der Waals surface area contributed by atoms with Crippen molar-refractivity contribution in [3.05, 3.63) is 65.1 Å². The fourth-order valence-corrected chi connectivity index (χ4v) is 5.28. The molecular weight excluding hydrogens is 475 g/mol. The minimum Gasteiger partial charge on any atom is -0.496 e. The summed E-state index contributed by atoms with van der Waals surface area (Å²) in [6, 6.07) is 9.86. The molecule has 37 heavy (non-hydrogen) atoms. The zero-order valence-electron chi connectivity index (χ0n) is 20.3. The number of carbonyl (C=O) groups excluding carboxylic acids is 3. The average Bonchev–Trinajstić information content (AvgIpc) is 3.53. The Hall–Kier alpha value is -4.32. The van der Waals surface area contributed by atoms with Gasteiger partial charge in [0.25, 0.3) is 5.91 Å². The van der Waals surface area contributed by atoms with Gasteiger partial charge >= 0.3 is 0 Å². The molecule has 9 heteroatoms. The molecule has 0 radical (unpaired) electrons. The third-order valence-corrected chi connectivity index (χ3v) is 7.15. The Balaban J connectivity index is 1.47. The summed E-state index contributed by atoms with van der Waals surface area (Å²) >= 11 is 0. The third kappa shape index (κ3) is 4.51. The van der Waals surface area contributed by atoms with Gasteiger partial charge in [0, 0.05) is 29.9 Å². The van der Waals surface area contributed by atoms with Gasteiger partial charge in [-0.3, -0.25) is 14.4 Å². The van der Waals surface area contributed by atoms with Crippen molar-refractivity contribution in [2.75, 3.05) is 20.2 Å². The number of ether oxygens (including phenoxy) is 1. The zero-order chi connectivity index (χ0) is 26.1. The van der Waals surface area contributed by atoms with Crippen molar-refractivity contribution >= 4 is 28.6 Å². The van der Waals surface area contributed by atoms with Gasteiger partial charge in [-0.15, -0.1) is 6.42 Å². The van der Waals surface area contributed by atoms with Crippen LogP contribution in [0.25, 0.3) is 10.9 Å². The van der Waals surface area contributed by atoms with E-state index in [1.807, 2.05) is 12.1 Å². The van der Waals surface area contributed by atoms with Gasteiger partial charge in [-0.2, -0.15) is 0 Å². The number of terminal acetylenes is 1. The molecule has 0 saturated carbocycles. The van der Waals surface area contributed by atoms with Gasteiger partial charge in [0.15, 0.2) is 0 Å². The normalized spacial score (nSPS) is 19.6. The van der Waals surface area contributed by atoms with Crippen LogP contribution in [0.1, 0.15) is 40.5 Å². The first-order valence-electron chi connectivity index (χ1n) is 12.2. The van der Waals surface area contributed by atoms with E-state index in [1.54, 1.807) is 25.3 Å². The molecule has 3 aromatic rings. The van der Waals surface area contributed by atoms with E-state index in [0.29, 0.717) is 29.8 Å². The van der Waals surface area contributed by atoms with E-state index in [2.05, 4.69) is 21.5 Å². The predicted molar refractivity (Wildman–Crippen MR) is 135 cm³/mol. The number of benzene rings is 2. The van der Waals surface area contributed by atoms with Crippen molar-refractivity contribution in [3.63, 3.8) is 0 Å². The number of H-pyrrole nitrogens is 1. The van der Waals surface area contributed by atoms with Crippen molar-refractivity contribution in [2.45, 2.75) is 31.3 Å². The van der Waals surface area contributed by atoms with E-state index in [4.69, 9.17) is 11.2 Å². The lowest BCUT2D eigenvalue weighted by Crippen LogP contribution is -2.49. The van der Waals surface area contributed by atoms with E-state index >= 15 is 0 Å². The Morgan fingerprint density at radius 3 is 2.84 bits per heavy atom. The Morgan fingerprint density at radius 1 is 1.30 bits per heavy atom. The van der Waals surface area contributed by atoms with E-state index in [-0.39, 0.29) is 36.9 Å². The number of aromatic amines is 1. The molecule has 3 amide bonds. The summed E-state index contributed by atoms with van der Waals surface area (Å²) in [5.74, 6) is 1.43. The number of aromatic nitrogens is 1. The molecule has 3 atom stereocenters. The number of hydrogen-bond donors (Lipinski definition) is 3. The Labute approximate surface area is 213 Å². The number of methoxy groups -OCH3 is 1. The van der Waals surface area contributed by atoms with Crippen LogP contribution in [0.4, 0.5) is 4.39 Å². The van der Waals surface area contributed by atoms with Crippen LogP contribution in [0.3, 0.4) is 0 Å². The molecule has 0 bridgehead atoms. The van der Waals surface area contributed by atoms with Gasteiger partial charge in [-0.05, 0) is 54.7 Å². The molecule has 2 aliphatic rings. The number of amides is 3. The zero-order valence-corrected chi connectivity index (χ0v) is 20.3. The summed E-state index contributed by atoms with van der Waals surface area (Å²) in [5, 5.41) is 6.33. The molecule has 3 heterocycles. The summed E-state index contributed by atoms with van der Waals surface area (Å²) in [5.41, 5.74) is 1.82. The van der Waals surface area contributed by atoms with E-state index in [9.17, 15) is 18.8 Å². The molecule has 2 aliphatic heterocycles. The van der Waals surface area contributed by atoms with Crippen LogP contribution in [0.2, 0.25) is 0 Å². The lowest BCUT2D eigenvalue weighted by Gasteiger charge is -2.36. The topological polar surface area (TPSA) is 104 Å². The Bertz CT molecular complexity index is 1430. The monoisotopic (exact) mass is 502 g/mol. The van der Waals surface area contributed by atoms with Crippen molar-refractivity contribution in [3.8, 4) is 18.1 Å². The van der Waals surface area contributed by atoms with Crippen LogP contribution >= 0.6 is 0 Å². The molecule has 2 aromatic carbocycles. The molecular formula is C28H27FN4O4. The number of hydrogen-bond acceptors (Lipinski definition) is 4. The molecule has 5 rings (SSSR count). The number of rotatable bonds is 6. The summed E-state index contributed by atoms with van der Waals surface area (Å²) in [6.07, 6.45) is 6.88. The van der Waals surface area contributed by atoms with Crippen molar-refractivity contribution in [1.82, 2.24) is 20.5 Å². The standard InChI is InChI=1S/C28H27FN4O4/c1-3-17(14-16-10-12-30-26(16)34)31-27(35)25-19-6-4-7-21(29)18(19)11-13-33(25)28(36)23-15-20-22(32-23)8-5-9-24(20)37-2/h1,4-9,15-17,25,32H,10-14H2,2H3,(H,30,34)(H,31,35)/t16-,17+,25-/m0/s1. The maximum Gasteiger partial charge on any atom is 0.271 e. The van der Waals surface area contributed by atoms with Crippen LogP contribution < -0.4 is 15.4 Å². The fourth-order valence-electron chi connectivity index (χ4n) is 5.28. The van der Waals surface area contributed by atoms with Gasteiger partial charge in [0.2, 0.25) is 11.8 Å². The van der Waals surface area contributed by atoms with Crippen molar-refractivity contribution < 1.29 is 23.5 Å². The highest BCUT2D eigenvalue weighted by atomic mass is 19.1. The van der Waals surface area contributed by atoms with Crippen LogP contribution in [-0.2, 0) is 16.0 Å². The number of fused-ring (bicyclic) bond motifs is 2. The lowest BCUT2D eigenvalue weighted by atomic mass is 9.90. The number of nitrogens with one attached hydrogen (secondary N) is 3. The van der Waals surface area contributed by atoms with E-state index in [0.717, 1.165) is 10.9 Å². The van der Waals surface area contributed by atoms with Crippen LogP contribution in [0, 0.1) is 24.1 Å². The highest BCUT2D eigenvalue weighted by Gasteiger charge is 2.39. The van der Waals surface area contributed by atoms with E-state index < -0.39 is 29.7 Å². The Kier molecular flexibility index (Phi) is 6.57. The van der Waals surface area contributed by atoms with Crippen LogP contribution in [0.15, 0.2) is 42.5 Å². The SMILES string of the molecule is C#C[C@H](C[C@@H]1CCNC1=O)NC(=O)[C@@H]1c2cccc(F)c2CCN1C(=O)c1cc2c(OC)cccc2[nH]1. The van der Waals surface area contributed by atoms with Gasteiger partial charge in [0.05, 0.1) is 13.2 Å². The largest absolute Gasteiger partial charge is 0.496 e. The first-order chi connectivity index (χ1) is 17.9. The van der Waals surface area contributed by atoms with Crippen molar-refractivity contribution in [2.24, 2.45) is 5.92 Å². The number of nitrogens with zero attached hydrogens (tertiary/aromatic N) is 1. The summed E-state index contributed by atoms with van der Waals surface area (Å²) in [7, 11) is 1.55. The second-order valence-corrected chi connectivity index (χ2v) is 9.30. The number of halogens is 1. The molecule has 0 spiro atoms. The van der Waals surface area contributed by atoms with Gasteiger partial charge in [-0.25, -0.2) is 4.39 Å². The molecule has 3 N–H and O–H groups in total. The second kappa shape index (κ2) is 9.97. The number of carbonyl (C=O) groups is 3. The minimum absolute atomic E-state index is 0.0920. The summed E-state index contributed by atoms with van der Waals surface area (Å²) in [4.78, 5) is 44.0. The smallest absolute Gasteiger partial charge is 0.271 e. The molecule has 0 aliphatic carbocycles. The lowest BCUT2D eigenvalue weighted by molar-refractivity contribution is -0.127. The minimum atomic E-state index is -1.09. The van der Waals surface area contributed by atoms with Crippen molar-refractivity contribution in [1.29, 1.82) is 0 Å². The third-order valence-electron chi connectivity index (χ3n) is 7.15. The van der Waals surface area contributed by atoms with Crippen LogP contribution in [0.5, 0.6) is 5.75 Å². The molecule has 1 aromatic heterocycles. The first kappa shape index (κ1) is 24.4. The van der Waals surface area contributed by atoms with Gasteiger partial charge in [-0.1, -0.05) is 24.1 Å². The van der Waals surface area contributed by atoms with Gasteiger partial charge in [0.1, 0.15) is 23.3 Å². The highest BCUT2D eigenvalue weighted by molar-refractivity contribution is 6.02. The molecule has 0 unspecified atom stereocenters. The first-order valence-corrected chi connectivity index (χ1v) is 12.2. The van der Waals surface area contributed by atoms with Crippen LogP contribution in [-0.4, -0.2) is 53.8 Å². The molecule has 1 fully saturated rings. The second-order valence-electron chi connectivity index (χ2n) is 9.30. The fraction of sp³-hybridized carbons (Fsp3) is 0.321. The summed E-state index contributed by atoms with van der Waals surface area (Å²) in [6.45, 7) is 0.713. The predicted octanol–water partition coefficient (Wildman–Crippen LogP) is 2.70. The van der Waals surface area contributed by atoms with Gasteiger partial charge < -0.3 is 25.3 Å². The maximum absolute atomic E-state index is 14.7. The highest BCUT2D eigenvalue weighted by Crippen LogP contribution is 2.34. The summed E-state index contributed by atoms with van der Waals surface area (Å²) < 4.78 is 20.1. The molecule has 1 saturated heterocycles. The molecule has 190 valence electrons. The average molecular weight is 503 g/mol. The Morgan fingerprint density at radius 2 is 2.11 bits per heavy atom. The maximum atomic E-state index is 14.7. The molecule has 8 nitrogen and oxygen atoms in total. The quantitative estimate of drug-likeness (QED) is 0.451. The van der Waals surface area contributed by atoms with E-state index in [1.165, 1.54) is 17.0 Å².